The van der Waals surface area contributed by atoms with Crippen LogP contribution in [-0.2, 0) is 4.79 Å². The minimum Gasteiger partial charge on any atom is -0.504 e. The van der Waals surface area contributed by atoms with E-state index in [-0.39, 0.29) is 11.5 Å². The lowest BCUT2D eigenvalue weighted by atomic mass is 10.0. The van der Waals surface area contributed by atoms with Crippen LogP contribution in [0.2, 0.25) is 0 Å². The fraction of sp³-hybridized carbons (Fsp3) is 0.400. The van der Waals surface area contributed by atoms with Crippen LogP contribution in [0.3, 0.4) is 0 Å². The minimum atomic E-state index is 0.121. The standard InChI is InChI=1S/C15H19NO3/c1-3-19-15-9-11(4-5-14(15)18)8-12-10-16(2)7-6-13(12)17/h4-5,8-9,18H,3,6-7,10H2,1-2H3/b12-8+. The molecule has 1 fully saturated rings. The van der Waals surface area contributed by atoms with E-state index < -0.39 is 0 Å². The van der Waals surface area contributed by atoms with Crippen molar-refractivity contribution in [1.29, 1.82) is 0 Å². The van der Waals surface area contributed by atoms with E-state index >= 15 is 0 Å². The van der Waals surface area contributed by atoms with Gasteiger partial charge >= 0.3 is 0 Å². The molecular formula is C15H19NO3. The average molecular weight is 261 g/mol. The lowest BCUT2D eigenvalue weighted by Gasteiger charge is -2.23. The number of aromatic hydroxyl groups is 1. The summed E-state index contributed by atoms with van der Waals surface area (Å²) in [7, 11) is 2.00. The largest absolute Gasteiger partial charge is 0.504 e. The van der Waals surface area contributed by atoms with E-state index in [1.54, 1.807) is 18.2 Å². The molecule has 19 heavy (non-hydrogen) atoms. The van der Waals surface area contributed by atoms with Gasteiger partial charge in [-0.25, -0.2) is 0 Å². The maximum atomic E-state index is 11.8. The van der Waals surface area contributed by atoms with E-state index in [1.807, 2.05) is 20.0 Å². The minimum absolute atomic E-state index is 0.121. The first kappa shape index (κ1) is 13.6. The van der Waals surface area contributed by atoms with Gasteiger partial charge in [-0.1, -0.05) is 6.07 Å². The predicted molar refractivity (Wildman–Crippen MR) is 74.4 cm³/mol. The Morgan fingerprint density at radius 3 is 3.00 bits per heavy atom. The van der Waals surface area contributed by atoms with Crippen molar-refractivity contribution in [3.8, 4) is 11.5 Å². The molecule has 0 unspecified atom stereocenters. The van der Waals surface area contributed by atoms with E-state index in [0.717, 1.165) is 17.7 Å². The number of piperidine rings is 1. The predicted octanol–water partition coefficient (Wildman–Crippen LogP) is 2.08. The fourth-order valence-electron chi connectivity index (χ4n) is 2.13. The van der Waals surface area contributed by atoms with Crippen LogP contribution in [0.5, 0.6) is 11.5 Å². The highest BCUT2D eigenvalue weighted by Crippen LogP contribution is 2.28. The summed E-state index contributed by atoms with van der Waals surface area (Å²) in [6, 6.07) is 5.13. The monoisotopic (exact) mass is 261 g/mol. The van der Waals surface area contributed by atoms with Crippen LogP contribution in [-0.4, -0.2) is 42.5 Å². The van der Waals surface area contributed by atoms with Crippen LogP contribution in [0, 0.1) is 0 Å². The molecule has 1 aliphatic heterocycles. The highest BCUT2D eigenvalue weighted by Gasteiger charge is 2.18. The Labute approximate surface area is 113 Å². The maximum absolute atomic E-state index is 11.8. The van der Waals surface area contributed by atoms with Gasteiger partial charge in [0.25, 0.3) is 0 Å². The topological polar surface area (TPSA) is 49.8 Å². The smallest absolute Gasteiger partial charge is 0.161 e. The number of phenols is 1. The zero-order valence-corrected chi connectivity index (χ0v) is 11.3. The molecule has 0 bridgehead atoms. The number of hydrogen-bond donors (Lipinski definition) is 1. The first-order chi connectivity index (χ1) is 9.10. The Morgan fingerprint density at radius 2 is 2.26 bits per heavy atom. The summed E-state index contributed by atoms with van der Waals surface area (Å²) >= 11 is 0. The molecule has 0 aromatic heterocycles. The zero-order valence-electron chi connectivity index (χ0n) is 11.3. The second-order valence-electron chi connectivity index (χ2n) is 4.74. The number of Topliss-reactive ketones (excluding diaryl/α,β-unsaturated/α-hetero) is 1. The molecular weight excluding hydrogens is 242 g/mol. The molecule has 1 aromatic carbocycles. The summed E-state index contributed by atoms with van der Waals surface area (Å²) in [5.41, 5.74) is 1.68. The fourth-order valence-corrected chi connectivity index (χ4v) is 2.13. The SMILES string of the molecule is CCOc1cc(/C=C2\CN(C)CCC2=O)ccc1O. The number of rotatable bonds is 3. The molecule has 0 saturated carbocycles. The summed E-state index contributed by atoms with van der Waals surface area (Å²) in [5.74, 6) is 0.772. The van der Waals surface area contributed by atoms with Gasteiger partial charge in [-0.05, 0) is 37.7 Å². The van der Waals surface area contributed by atoms with Gasteiger partial charge in [-0.3, -0.25) is 4.79 Å². The third-order valence-corrected chi connectivity index (χ3v) is 3.14. The van der Waals surface area contributed by atoms with Crippen molar-refractivity contribution in [3.05, 3.63) is 29.3 Å². The Hall–Kier alpha value is -1.81. The molecule has 0 atom stereocenters. The molecule has 1 saturated heterocycles. The van der Waals surface area contributed by atoms with Crippen LogP contribution in [0.1, 0.15) is 18.9 Å². The van der Waals surface area contributed by atoms with E-state index in [9.17, 15) is 9.90 Å². The number of ketones is 1. The highest BCUT2D eigenvalue weighted by atomic mass is 16.5. The molecule has 102 valence electrons. The summed E-state index contributed by atoms with van der Waals surface area (Å²) in [6.07, 6.45) is 2.44. The quantitative estimate of drug-likeness (QED) is 0.846. The Kier molecular flexibility index (Phi) is 4.22. The second-order valence-corrected chi connectivity index (χ2v) is 4.74. The van der Waals surface area contributed by atoms with Gasteiger partial charge in [-0.15, -0.1) is 0 Å². The summed E-state index contributed by atoms with van der Waals surface area (Å²) < 4.78 is 5.34. The van der Waals surface area contributed by atoms with E-state index in [1.165, 1.54) is 0 Å². The summed E-state index contributed by atoms with van der Waals surface area (Å²) in [5, 5.41) is 9.65. The van der Waals surface area contributed by atoms with Crippen LogP contribution >= 0.6 is 0 Å². The number of nitrogens with zero attached hydrogens (tertiary/aromatic N) is 1. The molecule has 2 rings (SSSR count). The van der Waals surface area contributed by atoms with Crippen LogP contribution < -0.4 is 4.74 Å². The van der Waals surface area contributed by atoms with Gasteiger partial charge in [0, 0.05) is 25.1 Å². The summed E-state index contributed by atoms with van der Waals surface area (Å²) in [4.78, 5) is 14.0. The third-order valence-electron chi connectivity index (χ3n) is 3.14. The molecule has 1 aliphatic rings. The third kappa shape index (κ3) is 3.35. The Morgan fingerprint density at radius 1 is 1.47 bits per heavy atom. The van der Waals surface area contributed by atoms with Crippen molar-refractivity contribution in [2.75, 3.05) is 26.7 Å². The number of benzene rings is 1. The van der Waals surface area contributed by atoms with E-state index in [4.69, 9.17) is 4.74 Å². The molecule has 0 radical (unpaired) electrons. The van der Waals surface area contributed by atoms with Gasteiger partial charge in [0.15, 0.2) is 17.3 Å². The van der Waals surface area contributed by atoms with Crippen molar-refractivity contribution >= 4 is 11.9 Å². The molecule has 4 heteroatoms. The highest BCUT2D eigenvalue weighted by molar-refractivity contribution is 6.00. The number of likely N-dealkylation sites (tertiary alicyclic amines) is 1. The van der Waals surface area contributed by atoms with E-state index in [0.29, 0.717) is 25.3 Å². The number of carbonyl (C=O) groups is 1. The zero-order chi connectivity index (χ0) is 13.8. The molecule has 1 N–H and O–H groups in total. The first-order valence-corrected chi connectivity index (χ1v) is 6.48. The van der Waals surface area contributed by atoms with Crippen molar-refractivity contribution < 1.29 is 14.6 Å². The first-order valence-electron chi connectivity index (χ1n) is 6.48. The molecule has 1 heterocycles. The molecule has 0 amide bonds. The van der Waals surface area contributed by atoms with Crippen LogP contribution in [0.15, 0.2) is 23.8 Å². The molecule has 0 spiro atoms. The number of phenolic OH excluding ortho intramolecular Hbond substituents is 1. The normalized spacial score (nSPS) is 18.8. The number of likely N-dealkylation sites (N-methyl/N-ethyl adjacent to an activating group) is 1. The summed E-state index contributed by atoms with van der Waals surface area (Å²) in [6.45, 7) is 3.85. The van der Waals surface area contributed by atoms with Crippen LogP contribution in [0.25, 0.3) is 6.08 Å². The van der Waals surface area contributed by atoms with E-state index in [2.05, 4.69) is 4.90 Å². The van der Waals surface area contributed by atoms with Gasteiger partial charge in [-0.2, -0.15) is 0 Å². The molecule has 4 nitrogen and oxygen atoms in total. The number of ether oxygens (including phenoxy) is 1. The van der Waals surface area contributed by atoms with Gasteiger partial charge in [0.1, 0.15) is 0 Å². The molecule has 1 aromatic rings. The second kappa shape index (κ2) is 5.89. The Bertz CT molecular complexity index is 508. The van der Waals surface area contributed by atoms with Crippen molar-refractivity contribution in [2.45, 2.75) is 13.3 Å². The average Bonchev–Trinajstić information content (AvgIpc) is 2.38. The van der Waals surface area contributed by atoms with Crippen molar-refractivity contribution in [3.63, 3.8) is 0 Å². The van der Waals surface area contributed by atoms with Gasteiger partial charge in [0.05, 0.1) is 6.61 Å². The van der Waals surface area contributed by atoms with Crippen LogP contribution in [0.4, 0.5) is 0 Å². The van der Waals surface area contributed by atoms with Crippen molar-refractivity contribution in [2.24, 2.45) is 0 Å². The van der Waals surface area contributed by atoms with Gasteiger partial charge < -0.3 is 14.7 Å². The molecule has 0 aliphatic carbocycles. The lowest BCUT2D eigenvalue weighted by Crippen LogP contribution is -2.32. The lowest BCUT2D eigenvalue weighted by molar-refractivity contribution is -0.117. The Balaban J connectivity index is 2.26. The number of carbonyl (C=O) groups excluding carboxylic acids is 1. The van der Waals surface area contributed by atoms with Crippen molar-refractivity contribution in [1.82, 2.24) is 4.90 Å². The number of hydrogen-bond acceptors (Lipinski definition) is 4. The van der Waals surface area contributed by atoms with Gasteiger partial charge in [0.2, 0.25) is 0 Å². The maximum Gasteiger partial charge on any atom is 0.161 e.